The van der Waals surface area contributed by atoms with E-state index in [1.54, 1.807) is 11.1 Å². The Bertz CT molecular complexity index is 2740. The van der Waals surface area contributed by atoms with E-state index in [2.05, 4.69) is 193 Å². The summed E-state index contributed by atoms with van der Waals surface area (Å²) in [6, 6.07) is 70.3. The Labute approximate surface area is 343 Å². The van der Waals surface area contributed by atoms with Crippen molar-refractivity contribution in [2.75, 3.05) is 4.90 Å². The number of nitrogens with zero attached hydrogens (tertiary/aromatic N) is 1. The average molecular weight is 748 g/mol. The molecule has 1 spiro atoms. The summed E-state index contributed by atoms with van der Waals surface area (Å²) in [6.45, 7) is 0. The second-order valence-corrected chi connectivity index (χ2v) is 17.1. The molecule has 3 aliphatic rings. The smallest absolute Gasteiger partial charge is 0.0546 e. The lowest BCUT2D eigenvalue weighted by atomic mass is 9.58. The minimum absolute atomic E-state index is 0.125. The van der Waals surface area contributed by atoms with Gasteiger partial charge in [0.25, 0.3) is 0 Å². The van der Waals surface area contributed by atoms with Crippen molar-refractivity contribution in [3.63, 3.8) is 0 Å². The van der Waals surface area contributed by atoms with E-state index < -0.39 is 0 Å². The summed E-state index contributed by atoms with van der Waals surface area (Å²) < 4.78 is 0. The molecule has 0 saturated heterocycles. The van der Waals surface area contributed by atoms with Crippen molar-refractivity contribution in [1.29, 1.82) is 0 Å². The molecule has 0 heterocycles. The van der Waals surface area contributed by atoms with Gasteiger partial charge in [-0.25, -0.2) is 0 Å². The largest absolute Gasteiger partial charge is 0.310 e. The first kappa shape index (κ1) is 35.0. The molecule has 2 fully saturated rings. The zero-order valence-corrected chi connectivity index (χ0v) is 33.2. The van der Waals surface area contributed by atoms with Gasteiger partial charge in [0.05, 0.1) is 5.69 Å². The van der Waals surface area contributed by atoms with Crippen LogP contribution in [0.15, 0.2) is 188 Å². The molecule has 0 amide bonds. The Kier molecular flexibility index (Phi) is 8.84. The first-order valence-electron chi connectivity index (χ1n) is 21.6. The van der Waals surface area contributed by atoms with Gasteiger partial charge in [-0.15, -0.1) is 0 Å². The highest BCUT2D eigenvalue weighted by atomic mass is 15.1. The molecule has 0 N–H and O–H groups in total. The molecule has 11 rings (SSSR count). The van der Waals surface area contributed by atoms with Gasteiger partial charge in [0.1, 0.15) is 0 Å². The molecule has 3 atom stereocenters. The molecule has 0 radical (unpaired) electrons. The zero-order valence-electron chi connectivity index (χ0n) is 33.2. The number of hydrogen-bond acceptors (Lipinski definition) is 1. The molecule has 1 heteroatoms. The van der Waals surface area contributed by atoms with Crippen LogP contribution in [0.3, 0.4) is 0 Å². The van der Waals surface area contributed by atoms with Crippen LogP contribution >= 0.6 is 0 Å². The van der Waals surface area contributed by atoms with Gasteiger partial charge >= 0.3 is 0 Å². The van der Waals surface area contributed by atoms with Crippen LogP contribution in [0.1, 0.15) is 62.5 Å². The Balaban J connectivity index is 1.09. The van der Waals surface area contributed by atoms with Crippen LogP contribution in [0.5, 0.6) is 0 Å². The van der Waals surface area contributed by atoms with Crippen molar-refractivity contribution in [3.05, 3.63) is 199 Å². The first-order chi connectivity index (χ1) is 28.7. The van der Waals surface area contributed by atoms with Crippen LogP contribution in [0.4, 0.5) is 17.1 Å². The van der Waals surface area contributed by atoms with Gasteiger partial charge in [-0.2, -0.15) is 0 Å². The van der Waals surface area contributed by atoms with E-state index in [0.717, 1.165) is 23.2 Å². The average Bonchev–Trinajstić information content (AvgIpc) is 3.58. The van der Waals surface area contributed by atoms with Crippen LogP contribution < -0.4 is 4.90 Å². The second-order valence-electron chi connectivity index (χ2n) is 17.1. The highest BCUT2D eigenvalue weighted by molar-refractivity contribution is 6.08. The fourth-order valence-corrected chi connectivity index (χ4v) is 11.4. The Morgan fingerprint density at radius 3 is 1.88 bits per heavy atom. The van der Waals surface area contributed by atoms with Gasteiger partial charge in [-0.3, -0.25) is 0 Å². The number of hydrogen-bond donors (Lipinski definition) is 0. The molecule has 8 aromatic rings. The number of rotatable bonds is 6. The van der Waals surface area contributed by atoms with Gasteiger partial charge in [0.2, 0.25) is 0 Å². The second kappa shape index (κ2) is 14.6. The molecule has 0 aromatic heterocycles. The third-order valence-electron chi connectivity index (χ3n) is 14.0. The van der Waals surface area contributed by atoms with Crippen molar-refractivity contribution in [1.82, 2.24) is 0 Å². The van der Waals surface area contributed by atoms with Crippen molar-refractivity contribution in [3.8, 4) is 44.5 Å². The standard InChI is InChI=1S/C57H49N/c1-3-17-41(18-4-1)43-30-33-48(34-31-43)58(49-25-12-23-45(38-49)42-19-5-2-6-20-42)55-29-14-22-44-21-13-27-50(56(44)55)46-32-35-54-52(39-46)51-26-7-8-28-53(51)57(54)36-10-9-15-40-16-11-24-47(57)37-40/h1-8,12-14,17-23,25-35,38-40,47H,9-11,15-16,24,36-37H2. The summed E-state index contributed by atoms with van der Waals surface area (Å²) in [6.07, 6.45) is 10.9. The van der Waals surface area contributed by atoms with Crippen LogP contribution in [0, 0.1) is 11.8 Å². The highest BCUT2D eigenvalue weighted by Gasteiger charge is 2.49. The summed E-state index contributed by atoms with van der Waals surface area (Å²) in [7, 11) is 0. The van der Waals surface area contributed by atoms with E-state index in [-0.39, 0.29) is 5.41 Å². The van der Waals surface area contributed by atoms with Crippen LogP contribution in [-0.2, 0) is 5.41 Å². The Hall–Kier alpha value is -6.18. The Morgan fingerprint density at radius 2 is 1.05 bits per heavy atom. The maximum absolute atomic E-state index is 2.56. The molecule has 3 unspecified atom stereocenters. The third-order valence-corrected chi connectivity index (χ3v) is 14.0. The monoisotopic (exact) mass is 747 g/mol. The highest BCUT2D eigenvalue weighted by Crippen LogP contribution is 2.60. The minimum atomic E-state index is 0.125. The molecule has 1 nitrogen and oxygen atoms in total. The maximum Gasteiger partial charge on any atom is 0.0546 e. The van der Waals surface area contributed by atoms with E-state index in [9.17, 15) is 0 Å². The zero-order chi connectivity index (χ0) is 38.5. The number of anilines is 3. The van der Waals surface area contributed by atoms with E-state index in [0.29, 0.717) is 0 Å². The topological polar surface area (TPSA) is 3.24 Å². The van der Waals surface area contributed by atoms with Gasteiger partial charge in [-0.05, 0) is 129 Å². The molecule has 282 valence electrons. The molecule has 2 saturated carbocycles. The van der Waals surface area contributed by atoms with E-state index in [4.69, 9.17) is 0 Å². The number of fused-ring (bicyclic) bond motifs is 9. The van der Waals surface area contributed by atoms with E-state index in [1.165, 1.54) is 112 Å². The fourth-order valence-electron chi connectivity index (χ4n) is 11.4. The quantitative estimate of drug-likeness (QED) is 0.164. The predicted octanol–water partition coefficient (Wildman–Crippen LogP) is 16.0. The van der Waals surface area contributed by atoms with Crippen molar-refractivity contribution in [2.24, 2.45) is 11.8 Å². The van der Waals surface area contributed by atoms with Gasteiger partial charge in [0.15, 0.2) is 0 Å². The van der Waals surface area contributed by atoms with Gasteiger partial charge in [-0.1, -0.05) is 184 Å². The third kappa shape index (κ3) is 5.90. The summed E-state index contributed by atoms with van der Waals surface area (Å²) >= 11 is 0. The van der Waals surface area contributed by atoms with Gasteiger partial charge < -0.3 is 4.90 Å². The van der Waals surface area contributed by atoms with Crippen LogP contribution in [-0.4, -0.2) is 0 Å². The lowest BCUT2D eigenvalue weighted by Gasteiger charge is -2.46. The summed E-state index contributed by atoms with van der Waals surface area (Å²) in [5.41, 5.74) is 17.1. The van der Waals surface area contributed by atoms with E-state index in [1.807, 2.05) is 0 Å². The normalized spacial score (nSPS) is 19.6. The summed E-state index contributed by atoms with van der Waals surface area (Å²) in [5, 5.41) is 2.51. The van der Waals surface area contributed by atoms with Crippen molar-refractivity contribution in [2.45, 2.75) is 56.8 Å². The fraction of sp³-hybridized carbons (Fsp3) is 0.193. The minimum Gasteiger partial charge on any atom is -0.310 e. The molecule has 0 aliphatic heterocycles. The predicted molar refractivity (Wildman–Crippen MR) is 245 cm³/mol. The van der Waals surface area contributed by atoms with Crippen molar-refractivity contribution < 1.29 is 0 Å². The molecule has 58 heavy (non-hydrogen) atoms. The molecular weight excluding hydrogens is 699 g/mol. The van der Waals surface area contributed by atoms with E-state index >= 15 is 0 Å². The lowest BCUT2D eigenvalue weighted by Crippen LogP contribution is -2.39. The van der Waals surface area contributed by atoms with Crippen LogP contribution in [0.2, 0.25) is 0 Å². The maximum atomic E-state index is 2.56. The molecule has 3 aliphatic carbocycles. The Morgan fingerprint density at radius 1 is 0.414 bits per heavy atom. The summed E-state index contributed by atoms with van der Waals surface area (Å²) in [4.78, 5) is 2.47. The number of benzene rings is 8. The molecular formula is C57H49N. The first-order valence-corrected chi connectivity index (χ1v) is 21.6. The molecule has 2 bridgehead atoms. The molecule has 8 aromatic carbocycles. The van der Waals surface area contributed by atoms with Crippen LogP contribution in [0.25, 0.3) is 55.3 Å². The summed E-state index contributed by atoms with van der Waals surface area (Å²) in [5.74, 6) is 1.61. The lowest BCUT2D eigenvalue weighted by molar-refractivity contribution is 0.152. The SMILES string of the molecule is c1ccc(-c2ccc(N(c3cccc(-c4ccccc4)c3)c3cccc4cccc(-c5ccc6c(c5)-c5ccccc5C65CCCCC6CCCC5C6)c34)cc2)cc1. The van der Waals surface area contributed by atoms with Crippen molar-refractivity contribution >= 4 is 27.8 Å². The van der Waals surface area contributed by atoms with Gasteiger partial charge in [0, 0.05) is 22.2 Å².